The van der Waals surface area contributed by atoms with Crippen LogP contribution in [0.15, 0.2) is 76.9 Å². The van der Waals surface area contributed by atoms with Gasteiger partial charge in [0.1, 0.15) is 0 Å². The second kappa shape index (κ2) is 7.98. The van der Waals surface area contributed by atoms with Gasteiger partial charge in [-0.1, -0.05) is 84.1 Å². The Bertz CT molecular complexity index is 1070. The average molecular weight is 388 g/mol. The lowest BCUT2D eigenvalue weighted by Crippen LogP contribution is -2.30. The summed E-state index contributed by atoms with van der Waals surface area (Å²) in [6.07, 6.45) is 1.72. The van der Waals surface area contributed by atoms with Crippen LogP contribution in [0.2, 0.25) is 0 Å². The first-order valence-corrected chi connectivity index (χ1v) is 10.1. The zero-order valence-corrected chi connectivity index (χ0v) is 16.7. The van der Waals surface area contributed by atoms with Crippen molar-refractivity contribution in [2.75, 3.05) is 0 Å². The average Bonchev–Trinajstić information content (AvgIpc) is 2.97. The summed E-state index contributed by atoms with van der Waals surface area (Å²) < 4.78 is 0. The van der Waals surface area contributed by atoms with E-state index in [0.29, 0.717) is 11.7 Å². The number of carbonyl (C=O) groups excluding carboxylic acids is 1. The number of rotatable bonds is 4. The molecule has 0 aromatic heterocycles. The van der Waals surface area contributed by atoms with Crippen LogP contribution in [0.4, 0.5) is 0 Å². The summed E-state index contributed by atoms with van der Waals surface area (Å²) in [6.45, 7) is 4.46. The van der Waals surface area contributed by atoms with Crippen molar-refractivity contribution in [3.05, 3.63) is 83.4 Å². The van der Waals surface area contributed by atoms with Crippen molar-refractivity contribution in [2.24, 2.45) is 10.2 Å². The van der Waals surface area contributed by atoms with Crippen LogP contribution >= 0.6 is 11.8 Å². The molecule has 1 atom stereocenters. The predicted octanol–water partition coefficient (Wildman–Crippen LogP) is 5.00. The fraction of sp³-hybridized carbons (Fsp3) is 0.174. The first-order valence-electron chi connectivity index (χ1n) is 9.24. The van der Waals surface area contributed by atoms with Gasteiger partial charge in [-0.25, -0.2) is 0 Å². The molecule has 1 amide bonds. The minimum absolute atomic E-state index is 0.0715. The molecule has 1 fully saturated rings. The molecule has 4 nitrogen and oxygen atoms in total. The largest absolute Gasteiger partial charge is 0.284 e. The second-order valence-electron chi connectivity index (χ2n) is 6.86. The lowest BCUT2D eigenvalue weighted by molar-refractivity contribution is -0.126. The first kappa shape index (κ1) is 18.4. The lowest BCUT2D eigenvalue weighted by atomic mass is 10.0. The van der Waals surface area contributed by atoms with Crippen LogP contribution in [-0.4, -0.2) is 27.4 Å². The van der Waals surface area contributed by atoms with Crippen molar-refractivity contribution in [2.45, 2.75) is 25.6 Å². The number of nitrogens with zero attached hydrogens (tertiary/aromatic N) is 3. The summed E-state index contributed by atoms with van der Waals surface area (Å²) in [5.74, 6) is 0.0715. The van der Waals surface area contributed by atoms with E-state index in [1.54, 1.807) is 11.1 Å². The Morgan fingerprint density at radius 3 is 2.61 bits per heavy atom. The third-order valence-electron chi connectivity index (χ3n) is 4.76. The molecule has 1 unspecified atom stereocenters. The molecule has 0 bridgehead atoms. The summed E-state index contributed by atoms with van der Waals surface area (Å²) in [7, 11) is 0. The Labute approximate surface area is 169 Å². The smallest absolute Gasteiger partial charge is 0.242 e. The van der Waals surface area contributed by atoms with Crippen LogP contribution in [0, 0.1) is 6.92 Å². The fourth-order valence-corrected chi connectivity index (χ4v) is 4.13. The molecule has 3 aromatic carbocycles. The monoisotopic (exact) mass is 387 g/mol. The van der Waals surface area contributed by atoms with Gasteiger partial charge < -0.3 is 0 Å². The van der Waals surface area contributed by atoms with E-state index in [9.17, 15) is 4.79 Å². The normalized spacial score (nSPS) is 18.6. The number of hydrogen-bond donors (Lipinski definition) is 0. The molecular formula is C23H21N3OS. The highest BCUT2D eigenvalue weighted by Crippen LogP contribution is 2.30. The zero-order chi connectivity index (χ0) is 19.5. The van der Waals surface area contributed by atoms with E-state index in [-0.39, 0.29) is 11.2 Å². The number of hydrogen-bond acceptors (Lipinski definition) is 4. The van der Waals surface area contributed by atoms with Crippen molar-refractivity contribution >= 4 is 39.8 Å². The van der Waals surface area contributed by atoms with E-state index >= 15 is 0 Å². The summed E-state index contributed by atoms with van der Waals surface area (Å²) in [5, 5.41) is 11.4. The Balaban J connectivity index is 1.60. The molecule has 0 aliphatic carbocycles. The number of aryl methyl sites for hydroxylation is 1. The third-order valence-corrected chi connectivity index (χ3v) is 5.83. The summed E-state index contributed by atoms with van der Waals surface area (Å²) in [6, 6.07) is 22.5. The molecule has 4 rings (SSSR count). The van der Waals surface area contributed by atoms with Gasteiger partial charge in [0.25, 0.3) is 0 Å². The number of thioether (sulfide) groups is 1. The highest BCUT2D eigenvalue weighted by Gasteiger charge is 2.35. The second-order valence-corrected chi connectivity index (χ2v) is 8.17. The van der Waals surface area contributed by atoms with Crippen LogP contribution in [0.1, 0.15) is 23.6 Å². The quantitative estimate of drug-likeness (QED) is 0.467. The first-order chi connectivity index (χ1) is 13.6. The molecule has 1 heterocycles. The van der Waals surface area contributed by atoms with Gasteiger partial charge in [0.2, 0.25) is 5.91 Å². The minimum atomic E-state index is -0.150. The van der Waals surface area contributed by atoms with Gasteiger partial charge in [0.15, 0.2) is 5.17 Å². The summed E-state index contributed by atoms with van der Waals surface area (Å²) in [4.78, 5) is 14.4. The molecule has 5 heteroatoms. The van der Waals surface area contributed by atoms with E-state index in [2.05, 4.69) is 41.4 Å². The van der Waals surface area contributed by atoms with Gasteiger partial charge in [-0.05, 0) is 35.7 Å². The van der Waals surface area contributed by atoms with Gasteiger partial charge in [0, 0.05) is 0 Å². The molecule has 1 aliphatic rings. The Morgan fingerprint density at radius 1 is 1.04 bits per heavy atom. The van der Waals surface area contributed by atoms with Crippen molar-refractivity contribution < 1.29 is 4.79 Å². The predicted molar refractivity (Wildman–Crippen MR) is 118 cm³/mol. The topological polar surface area (TPSA) is 45.0 Å². The maximum Gasteiger partial charge on any atom is 0.242 e. The Kier molecular flexibility index (Phi) is 5.26. The van der Waals surface area contributed by atoms with Crippen LogP contribution in [0.3, 0.4) is 0 Å². The van der Waals surface area contributed by atoms with E-state index in [0.717, 1.165) is 16.5 Å². The summed E-state index contributed by atoms with van der Waals surface area (Å²) >= 11 is 1.46. The van der Waals surface area contributed by atoms with E-state index in [1.807, 2.05) is 49.4 Å². The van der Waals surface area contributed by atoms with Gasteiger partial charge >= 0.3 is 0 Å². The van der Waals surface area contributed by atoms with E-state index in [1.165, 1.54) is 22.7 Å². The van der Waals surface area contributed by atoms with Crippen molar-refractivity contribution in [3.8, 4) is 0 Å². The van der Waals surface area contributed by atoms with Gasteiger partial charge in [-0.2, -0.15) is 5.10 Å². The number of amidine groups is 1. The maximum atomic E-state index is 12.7. The van der Waals surface area contributed by atoms with Crippen molar-refractivity contribution in [1.29, 1.82) is 0 Å². The van der Waals surface area contributed by atoms with Crippen LogP contribution < -0.4 is 0 Å². The molecule has 1 saturated heterocycles. The Morgan fingerprint density at radius 2 is 1.79 bits per heavy atom. The third kappa shape index (κ3) is 3.85. The number of amides is 1. The lowest BCUT2D eigenvalue weighted by Gasteiger charge is -2.17. The van der Waals surface area contributed by atoms with Crippen molar-refractivity contribution in [3.63, 3.8) is 0 Å². The SMILES string of the molecule is Cc1ccc(/C=N/N=C2\SC(C)C(=O)N2Cc2cccc3ccccc23)cc1. The maximum absolute atomic E-state index is 12.7. The number of fused-ring (bicyclic) bond motifs is 1. The highest BCUT2D eigenvalue weighted by molar-refractivity contribution is 8.15. The standard InChI is InChI=1S/C23H21N3OS/c1-16-10-12-18(13-11-16)14-24-25-23-26(22(27)17(2)28-23)15-20-8-5-7-19-6-3-4-9-21(19)20/h3-14,17H,15H2,1-2H3/b24-14+,25-23-. The molecule has 28 heavy (non-hydrogen) atoms. The number of carbonyl (C=O) groups is 1. The van der Waals surface area contributed by atoms with Crippen LogP contribution in [0.5, 0.6) is 0 Å². The molecule has 140 valence electrons. The molecule has 0 saturated carbocycles. The molecule has 0 radical (unpaired) electrons. The van der Waals surface area contributed by atoms with Gasteiger partial charge in [-0.15, -0.1) is 5.10 Å². The van der Waals surface area contributed by atoms with Crippen molar-refractivity contribution in [1.82, 2.24) is 4.90 Å². The minimum Gasteiger partial charge on any atom is -0.284 e. The molecular weight excluding hydrogens is 366 g/mol. The van der Waals surface area contributed by atoms with Crippen LogP contribution in [0.25, 0.3) is 10.8 Å². The molecule has 3 aromatic rings. The number of benzene rings is 3. The summed E-state index contributed by atoms with van der Waals surface area (Å²) in [5.41, 5.74) is 3.30. The molecule has 0 spiro atoms. The molecule has 0 N–H and O–H groups in total. The van der Waals surface area contributed by atoms with E-state index in [4.69, 9.17) is 0 Å². The fourth-order valence-electron chi connectivity index (χ4n) is 3.21. The van der Waals surface area contributed by atoms with E-state index < -0.39 is 0 Å². The van der Waals surface area contributed by atoms with Gasteiger partial charge in [-0.3, -0.25) is 9.69 Å². The molecule has 1 aliphatic heterocycles. The van der Waals surface area contributed by atoms with Crippen LogP contribution in [-0.2, 0) is 11.3 Å². The zero-order valence-electron chi connectivity index (χ0n) is 15.9. The van der Waals surface area contributed by atoms with Gasteiger partial charge in [0.05, 0.1) is 18.0 Å². The Hall–Kier alpha value is -2.92. The highest BCUT2D eigenvalue weighted by atomic mass is 32.2.